The normalized spacial score (nSPS) is 20.0. The summed E-state index contributed by atoms with van der Waals surface area (Å²) in [6, 6.07) is 4.08. The largest absolute Gasteiger partial charge is 0.316 e. The van der Waals surface area contributed by atoms with E-state index in [9.17, 15) is 12.8 Å². The first-order valence-electron chi connectivity index (χ1n) is 6.56. The molecule has 1 aromatic rings. The fourth-order valence-corrected chi connectivity index (χ4v) is 4.76. The Morgan fingerprint density at radius 1 is 1.45 bits per heavy atom. The third-order valence-corrected chi connectivity index (χ3v) is 5.90. The number of benzene rings is 1. The molecule has 7 heteroatoms. The summed E-state index contributed by atoms with van der Waals surface area (Å²) in [5.74, 6) is 1.10. The third-order valence-electron chi connectivity index (χ3n) is 3.15. The van der Waals surface area contributed by atoms with Gasteiger partial charge in [0.25, 0.3) is 0 Å². The minimum atomic E-state index is -3.80. The minimum Gasteiger partial charge on any atom is -0.316 e. The number of thioether (sulfide) groups is 1. The second kappa shape index (κ2) is 6.89. The van der Waals surface area contributed by atoms with E-state index in [2.05, 4.69) is 10.0 Å². The number of nitrogens with one attached hydrogen (secondary N) is 2. The minimum absolute atomic E-state index is 0.105. The topological polar surface area (TPSA) is 58.2 Å². The summed E-state index contributed by atoms with van der Waals surface area (Å²) in [7, 11) is -2.04. The zero-order valence-electron chi connectivity index (χ0n) is 11.4. The molecule has 1 aromatic carbocycles. The quantitative estimate of drug-likeness (QED) is 0.868. The maximum atomic E-state index is 13.8. The lowest BCUT2D eigenvalue weighted by atomic mass is 10.2. The van der Waals surface area contributed by atoms with Gasteiger partial charge in [0.15, 0.2) is 0 Å². The molecule has 20 heavy (non-hydrogen) atoms. The Hall–Kier alpha value is -0.630. The van der Waals surface area contributed by atoms with E-state index in [0.717, 1.165) is 29.9 Å². The van der Waals surface area contributed by atoms with E-state index in [1.165, 1.54) is 12.1 Å². The van der Waals surface area contributed by atoms with Gasteiger partial charge in [-0.3, -0.25) is 0 Å². The molecular weight excluding hydrogens is 299 g/mol. The summed E-state index contributed by atoms with van der Waals surface area (Å²) >= 11 is 1.72. The molecule has 0 radical (unpaired) electrons. The molecule has 1 unspecified atom stereocenters. The van der Waals surface area contributed by atoms with Gasteiger partial charge in [-0.2, -0.15) is 11.8 Å². The zero-order valence-corrected chi connectivity index (χ0v) is 13.0. The standard InChI is InChI=1S/C13H19FN2O2S2/c1-15-8-10-4-5-12(14)13(7-10)20(17,18)16-11-3-2-6-19-9-11/h4-5,7,11,15-16H,2-3,6,8-9H2,1H3. The third kappa shape index (κ3) is 3.94. The molecule has 1 atom stereocenters. The fourth-order valence-electron chi connectivity index (χ4n) is 2.18. The van der Waals surface area contributed by atoms with Gasteiger partial charge in [-0.05, 0) is 43.3 Å². The van der Waals surface area contributed by atoms with Crippen LogP contribution in [0.4, 0.5) is 4.39 Å². The molecule has 2 rings (SSSR count). The van der Waals surface area contributed by atoms with E-state index in [0.29, 0.717) is 6.54 Å². The monoisotopic (exact) mass is 318 g/mol. The molecule has 0 bridgehead atoms. The second-order valence-electron chi connectivity index (χ2n) is 4.83. The molecule has 0 saturated carbocycles. The van der Waals surface area contributed by atoms with Gasteiger partial charge in [-0.1, -0.05) is 6.07 Å². The van der Waals surface area contributed by atoms with Crippen LogP contribution in [0.2, 0.25) is 0 Å². The molecule has 1 aliphatic rings. The number of sulfonamides is 1. The Morgan fingerprint density at radius 2 is 2.25 bits per heavy atom. The lowest BCUT2D eigenvalue weighted by molar-refractivity contribution is 0.530. The second-order valence-corrected chi connectivity index (χ2v) is 7.66. The molecule has 4 nitrogen and oxygen atoms in total. The highest BCUT2D eigenvalue weighted by Gasteiger charge is 2.24. The summed E-state index contributed by atoms with van der Waals surface area (Å²) < 4.78 is 41.0. The predicted octanol–water partition coefficient (Wildman–Crippen LogP) is 1.72. The highest BCUT2D eigenvalue weighted by Crippen LogP contribution is 2.21. The predicted molar refractivity (Wildman–Crippen MR) is 79.8 cm³/mol. The Morgan fingerprint density at radius 3 is 2.90 bits per heavy atom. The van der Waals surface area contributed by atoms with Gasteiger partial charge in [0.05, 0.1) is 0 Å². The van der Waals surface area contributed by atoms with E-state index < -0.39 is 15.8 Å². The highest BCUT2D eigenvalue weighted by molar-refractivity contribution is 7.99. The van der Waals surface area contributed by atoms with Crippen LogP contribution in [0.3, 0.4) is 0 Å². The number of rotatable bonds is 5. The van der Waals surface area contributed by atoms with Gasteiger partial charge in [0.1, 0.15) is 10.7 Å². The van der Waals surface area contributed by atoms with Crippen LogP contribution in [0.15, 0.2) is 23.1 Å². The van der Waals surface area contributed by atoms with Crippen LogP contribution in [-0.2, 0) is 16.6 Å². The molecule has 0 aliphatic carbocycles. The Balaban J connectivity index is 2.21. The molecule has 0 aromatic heterocycles. The molecule has 0 amide bonds. The van der Waals surface area contributed by atoms with Crippen molar-refractivity contribution in [3.8, 4) is 0 Å². The average Bonchev–Trinajstić information content (AvgIpc) is 2.42. The van der Waals surface area contributed by atoms with E-state index in [-0.39, 0.29) is 10.9 Å². The average molecular weight is 318 g/mol. The molecule has 1 saturated heterocycles. The van der Waals surface area contributed by atoms with Gasteiger partial charge >= 0.3 is 0 Å². The van der Waals surface area contributed by atoms with Gasteiger partial charge in [-0.15, -0.1) is 0 Å². The van der Waals surface area contributed by atoms with E-state index in [4.69, 9.17) is 0 Å². The first kappa shape index (κ1) is 15.8. The maximum Gasteiger partial charge on any atom is 0.243 e. The Labute approximate surface area is 123 Å². The van der Waals surface area contributed by atoms with Crippen molar-refractivity contribution in [2.75, 3.05) is 18.6 Å². The SMILES string of the molecule is CNCc1ccc(F)c(S(=O)(=O)NC2CCCSC2)c1. The first-order valence-corrected chi connectivity index (χ1v) is 9.20. The van der Waals surface area contributed by atoms with E-state index in [1.54, 1.807) is 24.9 Å². The summed E-state index contributed by atoms with van der Waals surface area (Å²) in [5, 5.41) is 2.92. The smallest absolute Gasteiger partial charge is 0.243 e. The van der Waals surface area contributed by atoms with Crippen molar-refractivity contribution >= 4 is 21.8 Å². The Kier molecular flexibility index (Phi) is 5.42. The summed E-state index contributed by atoms with van der Waals surface area (Å²) in [6.45, 7) is 0.502. The van der Waals surface area contributed by atoms with Crippen LogP contribution in [-0.4, -0.2) is 33.0 Å². The molecule has 2 N–H and O–H groups in total. The van der Waals surface area contributed by atoms with Crippen molar-refractivity contribution in [1.29, 1.82) is 0 Å². The maximum absolute atomic E-state index is 13.8. The van der Waals surface area contributed by atoms with E-state index in [1.807, 2.05) is 0 Å². The Bertz CT molecular complexity index is 557. The number of halogens is 1. The molecule has 0 spiro atoms. The zero-order chi connectivity index (χ0) is 14.6. The lowest BCUT2D eigenvalue weighted by Gasteiger charge is -2.22. The lowest BCUT2D eigenvalue weighted by Crippen LogP contribution is -2.38. The summed E-state index contributed by atoms with van der Waals surface area (Å²) in [4.78, 5) is -0.263. The summed E-state index contributed by atoms with van der Waals surface area (Å²) in [5.41, 5.74) is 0.743. The van der Waals surface area contributed by atoms with Crippen molar-refractivity contribution in [3.05, 3.63) is 29.6 Å². The van der Waals surface area contributed by atoms with Crippen LogP contribution in [0.5, 0.6) is 0 Å². The first-order chi connectivity index (χ1) is 9.53. The van der Waals surface area contributed by atoms with Crippen LogP contribution in [0.1, 0.15) is 18.4 Å². The van der Waals surface area contributed by atoms with Crippen LogP contribution in [0, 0.1) is 5.82 Å². The molecule has 1 fully saturated rings. The summed E-state index contributed by atoms with van der Waals surface area (Å²) in [6.07, 6.45) is 1.80. The van der Waals surface area contributed by atoms with Gasteiger partial charge in [-0.25, -0.2) is 17.5 Å². The molecular formula is C13H19FN2O2S2. The molecule has 1 aliphatic heterocycles. The fraction of sp³-hybridized carbons (Fsp3) is 0.538. The number of hydrogen-bond donors (Lipinski definition) is 2. The van der Waals surface area contributed by atoms with Crippen LogP contribution >= 0.6 is 11.8 Å². The highest BCUT2D eigenvalue weighted by atomic mass is 32.2. The van der Waals surface area contributed by atoms with E-state index >= 15 is 0 Å². The van der Waals surface area contributed by atoms with Gasteiger partial charge in [0, 0.05) is 18.3 Å². The van der Waals surface area contributed by atoms with Crippen LogP contribution < -0.4 is 10.0 Å². The van der Waals surface area contributed by atoms with Crippen molar-refractivity contribution in [1.82, 2.24) is 10.0 Å². The van der Waals surface area contributed by atoms with Gasteiger partial charge < -0.3 is 5.32 Å². The van der Waals surface area contributed by atoms with Crippen molar-refractivity contribution in [2.24, 2.45) is 0 Å². The van der Waals surface area contributed by atoms with Gasteiger partial charge in [0.2, 0.25) is 10.0 Å². The molecule has 1 heterocycles. The van der Waals surface area contributed by atoms with Crippen molar-refractivity contribution < 1.29 is 12.8 Å². The molecule has 112 valence electrons. The number of hydrogen-bond acceptors (Lipinski definition) is 4. The van der Waals surface area contributed by atoms with Crippen molar-refractivity contribution in [2.45, 2.75) is 30.3 Å². The van der Waals surface area contributed by atoms with Crippen molar-refractivity contribution in [3.63, 3.8) is 0 Å². The van der Waals surface area contributed by atoms with Crippen LogP contribution in [0.25, 0.3) is 0 Å².